The van der Waals surface area contributed by atoms with Crippen LogP contribution in [0.25, 0.3) is 0 Å². The van der Waals surface area contributed by atoms with Crippen LogP contribution >= 0.6 is 23.4 Å². The van der Waals surface area contributed by atoms with Crippen LogP contribution in [0.2, 0.25) is 5.02 Å². The quantitative estimate of drug-likeness (QED) is 0.864. The summed E-state index contributed by atoms with van der Waals surface area (Å²) in [6.07, 6.45) is 0. The molecular formula is C17H18ClNOS. The molecule has 2 aromatic rings. The molecule has 0 unspecified atom stereocenters. The van der Waals surface area contributed by atoms with Crippen molar-refractivity contribution < 1.29 is 4.79 Å². The van der Waals surface area contributed by atoms with Gasteiger partial charge in [0.25, 0.3) is 0 Å². The molecule has 0 aromatic heterocycles. The molecule has 0 aliphatic heterocycles. The van der Waals surface area contributed by atoms with E-state index in [-0.39, 0.29) is 5.91 Å². The van der Waals surface area contributed by atoms with Crippen LogP contribution in [0.3, 0.4) is 0 Å². The Morgan fingerprint density at radius 2 is 1.90 bits per heavy atom. The maximum atomic E-state index is 11.8. The largest absolute Gasteiger partial charge is 0.351 e. The fraction of sp³-hybridized carbons (Fsp3) is 0.235. The monoisotopic (exact) mass is 319 g/mol. The molecule has 0 aliphatic rings. The number of carbonyl (C=O) groups excluding carboxylic acids is 1. The minimum Gasteiger partial charge on any atom is -0.351 e. The lowest BCUT2D eigenvalue weighted by molar-refractivity contribution is -0.118. The molecule has 1 N–H and O–H groups in total. The topological polar surface area (TPSA) is 29.1 Å². The highest BCUT2D eigenvalue weighted by Crippen LogP contribution is 2.15. The van der Waals surface area contributed by atoms with Crippen LogP contribution in [0.4, 0.5) is 0 Å². The molecular weight excluding hydrogens is 302 g/mol. The van der Waals surface area contributed by atoms with Gasteiger partial charge in [0.15, 0.2) is 0 Å². The molecule has 0 aliphatic carbocycles. The van der Waals surface area contributed by atoms with E-state index in [0.717, 1.165) is 16.3 Å². The van der Waals surface area contributed by atoms with Gasteiger partial charge in [-0.2, -0.15) is 0 Å². The van der Waals surface area contributed by atoms with Gasteiger partial charge in [-0.1, -0.05) is 53.6 Å². The second-order valence-electron chi connectivity index (χ2n) is 4.89. The van der Waals surface area contributed by atoms with E-state index in [1.54, 1.807) is 11.8 Å². The van der Waals surface area contributed by atoms with Gasteiger partial charge < -0.3 is 5.32 Å². The van der Waals surface area contributed by atoms with Crippen LogP contribution in [0.1, 0.15) is 16.7 Å². The number of hydrogen-bond acceptors (Lipinski definition) is 2. The lowest BCUT2D eigenvalue weighted by atomic mass is 10.1. The van der Waals surface area contributed by atoms with E-state index in [9.17, 15) is 4.79 Å². The second kappa shape index (κ2) is 8.11. The third-order valence-electron chi connectivity index (χ3n) is 2.99. The van der Waals surface area contributed by atoms with Crippen LogP contribution in [0.5, 0.6) is 0 Å². The summed E-state index contributed by atoms with van der Waals surface area (Å²) in [5.74, 6) is 1.35. The molecule has 0 saturated carbocycles. The number of carbonyl (C=O) groups is 1. The second-order valence-corrected chi connectivity index (χ2v) is 6.31. The molecule has 21 heavy (non-hydrogen) atoms. The minimum atomic E-state index is 0.0652. The van der Waals surface area contributed by atoms with Gasteiger partial charge in [-0.25, -0.2) is 0 Å². The zero-order chi connectivity index (χ0) is 15.1. The van der Waals surface area contributed by atoms with Crippen molar-refractivity contribution in [2.45, 2.75) is 19.2 Å². The van der Waals surface area contributed by atoms with Crippen LogP contribution in [0.15, 0.2) is 48.5 Å². The Balaban J connectivity index is 1.69. The van der Waals surface area contributed by atoms with Crippen molar-refractivity contribution in [3.63, 3.8) is 0 Å². The first-order valence-electron chi connectivity index (χ1n) is 6.78. The van der Waals surface area contributed by atoms with Gasteiger partial charge >= 0.3 is 0 Å². The van der Waals surface area contributed by atoms with Gasteiger partial charge in [0, 0.05) is 17.3 Å². The van der Waals surface area contributed by atoms with Crippen molar-refractivity contribution in [3.8, 4) is 0 Å². The summed E-state index contributed by atoms with van der Waals surface area (Å²) in [6.45, 7) is 2.63. The fourth-order valence-electron chi connectivity index (χ4n) is 1.92. The van der Waals surface area contributed by atoms with Crippen molar-refractivity contribution >= 4 is 29.3 Å². The minimum absolute atomic E-state index is 0.0652. The van der Waals surface area contributed by atoms with Crippen molar-refractivity contribution in [2.24, 2.45) is 0 Å². The predicted molar refractivity (Wildman–Crippen MR) is 90.6 cm³/mol. The van der Waals surface area contributed by atoms with Crippen molar-refractivity contribution in [2.75, 3.05) is 5.75 Å². The summed E-state index contributed by atoms with van der Waals surface area (Å²) in [6, 6.07) is 15.9. The van der Waals surface area contributed by atoms with Gasteiger partial charge in [-0.3, -0.25) is 4.79 Å². The molecule has 0 atom stereocenters. The van der Waals surface area contributed by atoms with Crippen molar-refractivity contribution in [1.29, 1.82) is 0 Å². The Hall–Kier alpha value is -1.45. The smallest absolute Gasteiger partial charge is 0.230 e. The van der Waals surface area contributed by atoms with Crippen LogP contribution in [0, 0.1) is 6.92 Å². The number of benzene rings is 2. The summed E-state index contributed by atoms with van der Waals surface area (Å²) in [5, 5.41) is 3.68. The fourth-order valence-corrected chi connectivity index (χ4v) is 2.86. The summed E-state index contributed by atoms with van der Waals surface area (Å²) in [4.78, 5) is 11.8. The molecule has 0 heterocycles. The van der Waals surface area contributed by atoms with Crippen molar-refractivity contribution in [1.82, 2.24) is 5.32 Å². The van der Waals surface area contributed by atoms with Gasteiger partial charge in [0.05, 0.1) is 5.75 Å². The number of rotatable bonds is 6. The number of amides is 1. The molecule has 0 saturated heterocycles. The van der Waals surface area contributed by atoms with Gasteiger partial charge in [0.1, 0.15) is 0 Å². The number of thioether (sulfide) groups is 1. The summed E-state index contributed by atoms with van der Waals surface area (Å²) >= 11 is 7.44. The molecule has 110 valence electrons. The zero-order valence-electron chi connectivity index (χ0n) is 11.9. The number of hydrogen-bond donors (Lipinski definition) is 1. The Bertz CT molecular complexity index is 598. The number of halogens is 1. The van der Waals surface area contributed by atoms with Crippen molar-refractivity contribution in [3.05, 3.63) is 70.2 Å². The van der Waals surface area contributed by atoms with E-state index in [0.29, 0.717) is 12.3 Å². The predicted octanol–water partition coefficient (Wildman–Crippen LogP) is 4.20. The van der Waals surface area contributed by atoms with Crippen LogP contribution < -0.4 is 5.32 Å². The third-order valence-corrected chi connectivity index (χ3v) is 4.24. The standard InChI is InChI=1S/C17H18ClNOS/c1-13-3-2-4-15(9-13)10-19-17(20)12-21-11-14-5-7-16(18)8-6-14/h2-9H,10-12H2,1H3,(H,19,20). The lowest BCUT2D eigenvalue weighted by Gasteiger charge is -2.06. The Morgan fingerprint density at radius 1 is 1.14 bits per heavy atom. The van der Waals surface area contributed by atoms with Crippen LogP contribution in [-0.4, -0.2) is 11.7 Å². The molecule has 2 nitrogen and oxygen atoms in total. The van der Waals surface area contributed by atoms with E-state index in [1.165, 1.54) is 11.1 Å². The van der Waals surface area contributed by atoms with Gasteiger partial charge in [0.2, 0.25) is 5.91 Å². The highest BCUT2D eigenvalue weighted by atomic mass is 35.5. The molecule has 0 fully saturated rings. The molecule has 4 heteroatoms. The van der Waals surface area contributed by atoms with Gasteiger partial charge in [-0.05, 0) is 30.2 Å². The third kappa shape index (κ3) is 5.82. The average Bonchev–Trinajstić information content (AvgIpc) is 2.47. The highest BCUT2D eigenvalue weighted by Gasteiger charge is 2.02. The maximum absolute atomic E-state index is 11.8. The van der Waals surface area contributed by atoms with E-state index >= 15 is 0 Å². The summed E-state index contributed by atoms with van der Waals surface area (Å²) in [5.41, 5.74) is 3.51. The average molecular weight is 320 g/mol. The summed E-state index contributed by atoms with van der Waals surface area (Å²) in [7, 11) is 0. The highest BCUT2D eigenvalue weighted by molar-refractivity contribution is 7.99. The van der Waals surface area contributed by atoms with Crippen LogP contribution in [-0.2, 0) is 17.1 Å². The van der Waals surface area contributed by atoms with E-state index in [2.05, 4.69) is 11.4 Å². The summed E-state index contributed by atoms with van der Waals surface area (Å²) < 4.78 is 0. The Kier molecular flexibility index (Phi) is 6.15. The number of nitrogens with one attached hydrogen (secondary N) is 1. The Labute approximate surface area is 134 Å². The first-order chi connectivity index (χ1) is 10.1. The zero-order valence-corrected chi connectivity index (χ0v) is 13.5. The molecule has 1 amide bonds. The molecule has 2 rings (SSSR count). The molecule has 0 bridgehead atoms. The van der Waals surface area contributed by atoms with E-state index in [4.69, 9.17) is 11.6 Å². The molecule has 0 spiro atoms. The number of aryl methyl sites for hydroxylation is 1. The maximum Gasteiger partial charge on any atom is 0.230 e. The van der Waals surface area contributed by atoms with E-state index in [1.807, 2.05) is 49.4 Å². The molecule has 2 aromatic carbocycles. The van der Waals surface area contributed by atoms with E-state index < -0.39 is 0 Å². The normalized spacial score (nSPS) is 10.4. The Morgan fingerprint density at radius 3 is 2.62 bits per heavy atom. The first-order valence-corrected chi connectivity index (χ1v) is 8.31. The van der Waals surface area contributed by atoms with Gasteiger partial charge in [-0.15, -0.1) is 11.8 Å². The molecule has 0 radical (unpaired) electrons. The lowest BCUT2D eigenvalue weighted by Crippen LogP contribution is -2.24. The SMILES string of the molecule is Cc1cccc(CNC(=O)CSCc2ccc(Cl)cc2)c1. The first kappa shape index (κ1) is 15.9.